The first kappa shape index (κ1) is 9.47. The van der Waals surface area contributed by atoms with Crippen molar-refractivity contribution in [1.82, 2.24) is 0 Å². The molecule has 0 aromatic carbocycles. The molecule has 2 N–H and O–H groups in total. The minimum Gasteiger partial charge on any atom is -0.369 e. The second kappa shape index (κ2) is 5.27. The lowest BCUT2D eigenvalue weighted by Gasteiger charge is -2.08. The van der Waals surface area contributed by atoms with Gasteiger partial charge >= 0.3 is 0 Å². The molecule has 0 spiro atoms. The number of nitrogens with two attached hydrogens (primary N) is 1. The molecule has 0 aromatic heterocycles. The van der Waals surface area contributed by atoms with Crippen molar-refractivity contribution in [2.45, 2.75) is 39.5 Å². The standard InChI is InChI=1S/C8H17NO/c1-3-5-6-7(4-2)8(9)10/h7H,3-6H2,1-2H3,(H2,9,10)/t7-/m1/s1. The van der Waals surface area contributed by atoms with Crippen LogP contribution in [0.15, 0.2) is 0 Å². The Morgan fingerprint density at radius 3 is 2.40 bits per heavy atom. The van der Waals surface area contributed by atoms with E-state index >= 15 is 0 Å². The molecular formula is C8H17NO. The number of unbranched alkanes of at least 4 members (excludes halogenated alkanes) is 1. The van der Waals surface area contributed by atoms with E-state index in [1.54, 1.807) is 0 Å². The average Bonchev–Trinajstić information content (AvgIpc) is 1.89. The van der Waals surface area contributed by atoms with Crippen LogP contribution in [0.25, 0.3) is 0 Å². The van der Waals surface area contributed by atoms with Gasteiger partial charge in [-0.3, -0.25) is 4.79 Å². The molecule has 0 aliphatic carbocycles. The van der Waals surface area contributed by atoms with Crippen molar-refractivity contribution in [1.29, 1.82) is 0 Å². The molecule has 1 amide bonds. The highest BCUT2D eigenvalue weighted by Crippen LogP contribution is 2.10. The maximum atomic E-state index is 10.7. The van der Waals surface area contributed by atoms with Crippen LogP contribution in [0, 0.1) is 5.92 Å². The fraction of sp³-hybridized carbons (Fsp3) is 0.875. The van der Waals surface area contributed by atoms with Gasteiger partial charge in [-0.25, -0.2) is 0 Å². The zero-order valence-corrected chi connectivity index (χ0v) is 6.89. The first-order valence-corrected chi connectivity index (χ1v) is 4.01. The van der Waals surface area contributed by atoms with Gasteiger partial charge in [0.1, 0.15) is 0 Å². The van der Waals surface area contributed by atoms with E-state index in [4.69, 9.17) is 5.73 Å². The zero-order chi connectivity index (χ0) is 7.98. The molecule has 0 radical (unpaired) electrons. The van der Waals surface area contributed by atoms with Crippen LogP contribution in [0.3, 0.4) is 0 Å². The summed E-state index contributed by atoms with van der Waals surface area (Å²) < 4.78 is 0. The lowest BCUT2D eigenvalue weighted by Crippen LogP contribution is -2.22. The Kier molecular flexibility index (Phi) is 4.99. The zero-order valence-electron chi connectivity index (χ0n) is 6.89. The van der Waals surface area contributed by atoms with Gasteiger partial charge in [0.25, 0.3) is 0 Å². The smallest absolute Gasteiger partial charge is 0.220 e. The van der Waals surface area contributed by atoms with Crippen LogP contribution in [0.2, 0.25) is 0 Å². The Labute approximate surface area is 62.8 Å². The highest BCUT2D eigenvalue weighted by Gasteiger charge is 2.10. The minimum atomic E-state index is -0.143. The van der Waals surface area contributed by atoms with Gasteiger partial charge in [0, 0.05) is 5.92 Å². The van der Waals surface area contributed by atoms with E-state index in [0.717, 1.165) is 25.7 Å². The van der Waals surface area contributed by atoms with Crippen molar-refractivity contribution in [2.24, 2.45) is 11.7 Å². The Morgan fingerprint density at radius 2 is 2.10 bits per heavy atom. The lowest BCUT2D eigenvalue weighted by atomic mass is 9.99. The molecule has 10 heavy (non-hydrogen) atoms. The van der Waals surface area contributed by atoms with Crippen molar-refractivity contribution >= 4 is 5.91 Å². The van der Waals surface area contributed by atoms with Gasteiger partial charge in [-0.05, 0) is 12.8 Å². The van der Waals surface area contributed by atoms with Crippen molar-refractivity contribution in [3.05, 3.63) is 0 Å². The fourth-order valence-corrected chi connectivity index (χ4v) is 0.998. The van der Waals surface area contributed by atoms with Gasteiger partial charge in [0.05, 0.1) is 0 Å². The quantitative estimate of drug-likeness (QED) is 0.625. The molecular weight excluding hydrogens is 126 g/mol. The average molecular weight is 143 g/mol. The SMILES string of the molecule is CCCC[C@@H](CC)C(N)=O. The summed E-state index contributed by atoms with van der Waals surface area (Å²) in [6, 6.07) is 0. The van der Waals surface area contributed by atoms with Gasteiger partial charge in [-0.2, -0.15) is 0 Å². The van der Waals surface area contributed by atoms with Gasteiger partial charge in [0.2, 0.25) is 5.91 Å². The van der Waals surface area contributed by atoms with Crippen LogP contribution in [-0.2, 0) is 4.79 Å². The Hall–Kier alpha value is -0.530. The highest BCUT2D eigenvalue weighted by atomic mass is 16.1. The monoisotopic (exact) mass is 143 g/mol. The van der Waals surface area contributed by atoms with E-state index in [1.165, 1.54) is 0 Å². The highest BCUT2D eigenvalue weighted by molar-refractivity contribution is 5.76. The summed E-state index contributed by atoms with van der Waals surface area (Å²) >= 11 is 0. The Morgan fingerprint density at radius 1 is 1.50 bits per heavy atom. The third-order valence-electron chi connectivity index (χ3n) is 1.80. The van der Waals surface area contributed by atoms with E-state index in [9.17, 15) is 4.79 Å². The van der Waals surface area contributed by atoms with Crippen LogP contribution in [-0.4, -0.2) is 5.91 Å². The molecule has 0 saturated heterocycles. The van der Waals surface area contributed by atoms with Crippen molar-refractivity contribution in [3.8, 4) is 0 Å². The number of carbonyl (C=O) groups excluding carboxylic acids is 1. The lowest BCUT2D eigenvalue weighted by molar-refractivity contribution is -0.122. The number of primary amides is 1. The number of hydrogen-bond acceptors (Lipinski definition) is 1. The summed E-state index contributed by atoms with van der Waals surface area (Å²) in [5, 5.41) is 0. The Bertz CT molecular complexity index is 101. The molecule has 0 rings (SSSR count). The normalized spacial score (nSPS) is 13.0. The molecule has 0 heterocycles. The molecule has 0 aliphatic rings. The maximum absolute atomic E-state index is 10.7. The van der Waals surface area contributed by atoms with Crippen molar-refractivity contribution in [2.75, 3.05) is 0 Å². The maximum Gasteiger partial charge on any atom is 0.220 e. The molecule has 2 heteroatoms. The molecule has 0 fully saturated rings. The van der Waals surface area contributed by atoms with Crippen LogP contribution in [0.1, 0.15) is 39.5 Å². The third-order valence-corrected chi connectivity index (χ3v) is 1.80. The second-order valence-corrected chi connectivity index (χ2v) is 2.65. The van der Waals surface area contributed by atoms with E-state index in [-0.39, 0.29) is 11.8 Å². The van der Waals surface area contributed by atoms with Crippen molar-refractivity contribution < 1.29 is 4.79 Å². The van der Waals surface area contributed by atoms with Crippen LogP contribution in [0.5, 0.6) is 0 Å². The van der Waals surface area contributed by atoms with E-state index in [1.807, 2.05) is 6.92 Å². The number of hydrogen-bond donors (Lipinski definition) is 1. The predicted octanol–water partition coefficient (Wildman–Crippen LogP) is 1.69. The second-order valence-electron chi connectivity index (χ2n) is 2.65. The number of rotatable bonds is 5. The fourth-order valence-electron chi connectivity index (χ4n) is 0.998. The number of amides is 1. The molecule has 0 saturated carbocycles. The van der Waals surface area contributed by atoms with Gasteiger partial charge in [-0.15, -0.1) is 0 Å². The van der Waals surface area contributed by atoms with E-state index < -0.39 is 0 Å². The third kappa shape index (κ3) is 3.49. The minimum absolute atomic E-state index is 0.111. The Balaban J connectivity index is 3.50. The summed E-state index contributed by atoms with van der Waals surface area (Å²) in [7, 11) is 0. The first-order valence-electron chi connectivity index (χ1n) is 4.01. The number of carbonyl (C=O) groups is 1. The molecule has 1 atom stereocenters. The van der Waals surface area contributed by atoms with Gasteiger partial charge < -0.3 is 5.73 Å². The molecule has 2 nitrogen and oxygen atoms in total. The summed E-state index contributed by atoms with van der Waals surface area (Å²) in [5.74, 6) is -0.0316. The van der Waals surface area contributed by atoms with Crippen LogP contribution < -0.4 is 5.73 Å². The predicted molar refractivity (Wildman–Crippen MR) is 42.5 cm³/mol. The molecule has 0 bridgehead atoms. The summed E-state index contributed by atoms with van der Waals surface area (Å²) in [6.07, 6.45) is 4.10. The molecule has 0 unspecified atom stereocenters. The summed E-state index contributed by atoms with van der Waals surface area (Å²) in [5.41, 5.74) is 5.15. The van der Waals surface area contributed by atoms with Crippen LogP contribution in [0.4, 0.5) is 0 Å². The molecule has 0 aromatic rings. The largest absolute Gasteiger partial charge is 0.369 e. The van der Waals surface area contributed by atoms with Gasteiger partial charge in [-0.1, -0.05) is 26.7 Å². The summed E-state index contributed by atoms with van der Waals surface area (Å²) in [4.78, 5) is 10.7. The molecule has 0 aliphatic heterocycles. The van der Waals surface area contributed by atoms with Crippen molar-refractivity contribution in [3.63, 3.8) is 0 Å². The van der Waals surface area contributed by atoms with Gasteiger partial charge in [0.15, 0.2) is 0 Å². The van der Waals surface area contributed by atoms with E-state index in [0.29, 0.717) is 0 Å². The molecule has 60 valence electrons. The topological polar surface area (TPSA) is 43.1 Å². The van der Waals surface area contributed by atoms with Crippen LogP contribution >= 0.6 is 0 Å². The first-order chi connectivity index (χ1) is 4.72. The summed E-state index contributed by atoms with van der Waals surface area (Å²) in [6.45, 7) is 4.12. The van der Waals surface area contributed by atoms with E-state index in [2.05, 4.69) is 6.92 Å².